The van der Waals surface area contributed by atoms with Crippen LogP contribution in [0.4, 0.5) is 15.8 Å². The van der Waals surface area contributed by atoms with Crippen LogP contribution in [0.2, 0.25) is 0 Å². The molecule has 0 amide bonds. The summed E-state index contributed by atoms with van der Waals surface area (Å²) in [6.07, 6.45) is 5.01. The van der Waals surface area contributed by atoms with Crippen LogP contribution in [-0.4, -0.2) is 65.9 Å². The molecule has 0 spiro atoms. The van der Waals surface area contributed by atoms with E-state index >= 15 is 0 Å². The third-order valence-corrected chi connectivity index (χ3v) is 8.06. The van der Waals surface area contributed by atoms with Crippen LogP contribution in [0.25, 0.3) is 10.9 Å². The SMILES string of the molecule is O=C(Cc1ccc(F)cc1)C1(C(=O)Cc2ccc(Nc3ccnc4cc(OCCN5CCOCC5)ncc34)cc2)CC1. The number of anilines is 2. The Morgan fingerprint density at radius 1 is 0.929 bits per heavy atom. The van der Waals surface area contributed by atoms with Crippen LogP contribution in [-0.2, 0) is 27.2 Å². The van der Waals surface area contributed by atoms with E-state index in [9.17, 15) is 14.0 Å². The molecule has 1 aliphatic heterocycles. The topological polar surface area (TPSA) is 93.7 Å². The Hall–Kier alpha value is -4.21. The van der Waals surface area contributed by atoms with E-state index in [2.05, 4.69) is 20.2 Å². The van der Waals surface area contributed by atoms with E-state index in [1.165, 1.54) is 12.1 Å². The molecule has 6 rings (SSSR count). The normalized spacial score (nSPS) is 16.2. The number of carbonyl (C=O) groups excluding carboxylic acids is 2. The third-order valence-electron chi connectivity index (χ3n) is 8.06. The van der Waals surface area contributed by atoms with Crippen molar-refractivity contribution in [2.24, 2.45) is 5.41 Å². The number of nitrogens with zero attached hydrogens (tertiary/aromatic N) is 3. The number of ether oxygens (including phenoxy) is 2. The van der Waals surface area contributed by atoms with E-state index in [0.717, 1.165) is 66.3 Å². The molecule has 1 saturated carbocycles. The number of fused-ring (bicyclic) bond motifs is 1. The molecule has 2 aliphatic rings. The van der Waals surface area contributed by atoms with Crippen molar-refractivity contribution >= 4 is 33.8 Å². The van der Waals surface area contributed by atoms with Gasteiger partial charge in [0.2, 0.25) is 5.88 Å². The number of aromatic nitrogens is 2. The molecule has 42 heavy (non-hydrogen) atoms. The second-order valence-corrected chi connectivity index (χ2v) is 10.9. The van der Waals surface area contributed by atoms with Gasteiger partial charge in [-0.2, -0.15) is 0 Å². The monoisotopic (exact) mass is 568 g/mol. The second kappa shape index (κ2) is 12.3. The van der Waals surface area contributed by atoms with E-state index in [1.807, 2.05) is 36.4 Å². The lowest BCUT2D eigenvalue weighted by Crippen LogP contribution is -2.38. The highest BCUT2D eigenvalue weighted by Crippen LogP contribution is 2.48. The second-order valence-electron chi connectivity index (χ2n) is 10.9. The number of morpholine rings is 1. The average molecular weight is 569 g/mol. The largest absolute Gasteiger partial charge is 0.476 e. The zero-order valence-electron chi connectivity index (χ0n) is 23.4. The first-order valence-corrected chi connectivity index (χ1v) is 14.3. The van der Waals surface area contributed by atoms with E-state index in [0.29, 0.717) is 25.3 Å². The van der Waals surface area contributed by atoms with E-state index < -0.39 is 5.41 Å². The summed E-state index contributed by atoms with van der Waals surface area (Å²) < 4.78 is 24.5. The van der Waals surface area contributed by atoms with Gasteiger partial charge in [0, 0.05) is 62.0 Å². The van der Waals surface area contributed by atoms with Crippen LogP contribution in [0.15, 0.2) is 73.1 Å². The highest BCUT2D eigenvalue weighted by atomic mass is 19.1. The summed E-state index contributed by atoms with van der Waals surface area (Å²) in [7, 11) is 0. The molecule has 0 atom stereocenters. The van der Waals surface area contributed by atoms with Crippen molar-refractivity contribution in [2.45, 2.75) is 25.7 Å². The molecule has 216 valence electrons. The minimum atomic E-state index is -0.903. The van der Waals surface area contributed by atoms with Crippen molar-refractivity contribution in [2.75, 3.05) is 44.8 Å². The fourth-order valence-corrected chi connectivity index (χ4v) is 5.33. The smallest absolute Gasteiger partial charge is 0.215 e. The minimum absolute atomic E-state index is 0.0514. The van der Waals surface area contributed by atoms with Crippen LogP contribution in [0.3, 0.4) is 0 Å². The van der Waals surface area contributed by atoms with Crippen LogP contribution in [0, 0.1) is 11.2 Å². The van der Waals surface area contributed by atoms with Gasteiger partial charge in [-0.05, 0) is 54.3 Å². The molecule has 8 nitrogen and oxygen atoms in total. The Balaban J connectivity index is 1.05. The molecule has 0 bridgehead atoms. The van der Waals surface area contributed by atoms with Gasteiger partial charge in [0.05, 0.1) is 29.8 Å². The van der Waals surface area contributed by atoms with Crippen LogP contribution in [0.1, 0.15) is 24.0 Å². The Morgan fingerprint density at radius 3 is 2.26 bits per heavy atom. The van der Waals surface area contributed by atoms with Gasteiger partial charge in [0.15, 0.2) is 11.6 Å². The third kappa shape index (κ3) is 6.48. The molecule has 4 aromatic rings. The summed E-state index contributed by atoms with van der Waals surface area (Å²) >= 11 is 0. The van der Waals surface area contributed by atoms with Gasteiger partial charge in [-0.1, -0.05) is 24.3 Å². The van der Waals surface area contributed by atoms with Crippen molar-refractivity contribution in [3.8, 4) is 5.88 Å². The van der Waals surface area contributed by atoms with Crippen molar-refractivity contribution in [3.05, 3.63) is 90.0 Å². The molecular weight excluding hydrogens is 535 g/mol. The van der Waals surface area contributed by atoms with Crippen molar-refractivity contribution in [1.29, 1.82) is 0 Å². The number of benzene rings is 2. The summed E-state index contributed by atoms with van der Waals surface area (Å²) in [5.74, 6) is 0.0641. The van der Waals surface area contributed by atoms with Crippen molar-refractivity contribution in [3.63, 3.8) is 0 Å². The molecular formula is C33H33FN4O4. The maximum absolute atomic E-state index is 13.2. The number of nitrogens with one attached hydrogen (secondary N) is 1. The lowest BCUT2D eigenvalue weighted by atomic mass is 9.88. The lowest BCUT2D eigenvalue weighted by Gasteiger charge is -2.26. The number of pyridine rings is 2. The predicted molar refractivity (Wildman–Crippen MR) is 158 cm³/mol. The predicted octanol–water partition coefficient (Wildman–Crippen LogP) is 4.93. The number of Topliss-reactive ketones (excluding diaryl/α,β-unsaturated/α-hetero) is 2. The average Bonchev–Trinajstić information content (AvgIpc) is 3.83. The van der Waals surface area contributed by atoms with Gasteiger partial charge in [-0.3, -0.25) is 19.5 Å². The minimum Gasteiger partial charge on any atom is -0.476 e. The van der Waals surface area contributed by atoms with Crippen molar-refractivity contribution < 1.29 is 23.5 Å². The fourth-order valence-electron chi connectivity index (χ4n) is 5.33. The van der Waals surface area contributed by atoms with Gasteiger partial charge < -0.3 is 14.8 Å². The van der Waals surface area contributed by atoms with E-state index in [-0.39, 0.29) is 30.2 Å². The van der Waals surface area contributed by atoms with Crippen LogP contribution < -0.4 is 10.1 Å². The number of carbonyl (C=O) groups is 2. The van der Waals surface area contributed by atoms with Gasteiger partial charge in [-0.25, -0.2) is 9.37 Å². The maximum Gasteiger partial charge on any atom is 0.215 e. The Morgan fingerprint density at radius 2 is 1.60 bits per heavy atom. The maximum atomic E-state index is 13.2. The molecule has 2 aromatic carbocycles. The quantitative estimate of drug-likeness (QED) is 0.241. The summed E-state index contributed by atoms with van der Waals surface area (Å²) in [5, 5.41) is 4.29. The Kier molecular flexibility index (Phi) is 8.21. The molecule has 0 unspecified atom stereocenters. The van der Waals surface area contributed by atoms with Crippen LogP contribution in [0.5, 0.6) is 5.88 Å². The number of halogens is 1. The first kappa shape index (κ1) is 27.9. The molecule has 1 aliphatic carbocycles. The van der Waals surface area contributed by atoms with Crippen LogP contribution >= 0.6 is 0 Å². The summed E-state index contributed by atoms with van der Waals surface area (Å²) in [6.45, 7) is 4.73. The Labute approximate surface area is 243 Å². The summed E-state index contributed by atoms with van der Waals surface area (Å²) in [4.78, 5) is 37.4. The number of hydrogen-bond acceptors (Lipinski definition) is 8. The van der Waals surface area contributed by atoms with E-state index in [4.69, 9.17) is 9.47 Å². The summed E-state index contributed by atoms with van der Waals surface area (Å²) in [5.41, 5.74) is 3.17. The first-order valence-electron chi connectivity index (χ1n) is 14.3. The highest BCUT2D eigenvalue weighted by molar-refractivity contribution is 6.11. The summed E-state index contributed by atoms with van der Waals surface area (Å²) in [6, 6.07) is 17.3. The molecule has 9 heteroatoms. The van der Waals surface area contributed by atoms with Gasteiger partial charge >= 0.3 is 0 Å². The number of ketones is 2. The zero-order chi connectivity index (χ0) is 28.9. The molecule has 3 heterocycles. The van der Waals surface area contributed by atoms with Gasteiger partial charge in [0.1, 0.15) is 12.4 Å². The molecule has 1 saturated heterocycles. The number of rotatable bonds is 12. The zero-order valence-corrected chi connectivity index (χ0v) is 23.4. The molecule has 2 fully saturated rings. The number of hydrogen-bond donors (Lipinski definition) is 1. The van der Waals surface area contributed by atoms with Gasteiger partial charge in [0.25, 0.3) is 0 Å². The van der Waals surface area contributed by atoms with Crippen molar-refractivity contribution in [1.82, 2.24) is 14.9 Å². The highest BCUT2D eigenvalue weighted by Gasteiger charge is 2.54. The molecule has 2 aromatic heterocycles. The lowest BCUT2D eigenvalue weighted by molar-refractivity contribution is -0.133. The standard InChI is InChI=1S/C33H33FN4O4/c34-25-5-1-23(2-6-25)19-30(39)33(10-11-33)31(40)20-24-3-7-26(8-4-24)37-28-9-12-35-29-21-32(36-22-27(28)29)42-18-15-38-13-16-41-17-14-38/h1-9,12,21-22H,10-11,13-20H2,(H,35,37). The first-order chi connectivity index (χ1) is 20.5. The van der Waals surface area contributed by atoms with E-state index in [1.54, 1.807) is 24.5 Å². The van der Waals surface area contributed by atoms with Gasteiger partial charge in [-0.15, -0.1) is 0 Å². The fraction of sp³-hybridized carbons (Fsp3) is 0.333. The Bertz CT molecular complexity index is 1570. The molecule has 0 radical (unpaired) electrons. The molecule has 1 N–H and O–H groups in total.